The van der Waals surface area contributed by atoms with Crippen LogP contribution in [0.3, 0.4) is 0 Å². The second-order valence-electron chi connectivity index (χ2n) is 6.31. The molecule has 0 unspecified atom stereocenters. The summed E-state index contributed by atoms with van der Waals surface area (Å²) in [5.74, 6) is 0.736. The van der Waals surface area contributed by atoms with E-state index in [9.17, 15) is 18.3 Å². The number of thiophene rings is 1. The van der Waals surface area contributed by atoms with E-state index in [0.29, 0.717) is 35.4 Å². The van der Waals surface area contributed by atoms with Gasteiger partial charge in [-0.1, -0.05) is 0 Å². The van der Waals surface area contributed by atoms with Gasteiger partial charge in [-0.2, -0.15) is 13.2 Å². The van der Waals surface area contributed by atoms with Crippen molar-refractivity contribution in [3.05, 3.63) is 17.3 Å². The van der Waals surface area contributed by atoms with Gasteiger partial charge in [0.1, 0.15) is 17.0 Å². The van der Waals surface area contributed by atoms with Crippen LogP contribution in [0.2, 0.25) is 0 Å². The summed E-state index contributed by atoms with van der Waals surface area (Å²) in [7, 11) is 0. The first-order chi connectivity index (χ1) is 11.3. The average Bonchev–Trinajstić information content (AvgIpc) is 2.84. The number of nitrogens with zero attached hydrogens (tertiary/aromatic N) is 2. The molecule has 9 heteroatoms. The first kappa shape index (κ1) is 17.4. The minimum absolute atomic E-state index is 0.0227. The van der Waals surface area contributed by atoms with Crippen molar-refractivity contribution in [2.45, 2.75) is 44.0 Å². The normalized spacial score (nSPS) is 25.1. The number of aliphatic hydroxyl groups excluding tert-OH is 1. The Morgan fingerprint density at radius 1 is 1.29 bits per heavy atom. The van der Waals surface area contributed by atoms with Crippen LogP contribution in [-0.4, -0.2) is 39.9 Å². The highest BCUT2D eigenvalue weighted by atomic mass is 32.1. The monoisotopic (exact) mass is 360 g/mol. The lowest BCUT2D eigenvalue weighted by molar-refractivity contribution is -0.126. The number of hydrogen-bond donors (Lipinski definition) is 3. The fourth-order valence-corrected chi connectivity index (χ4v) is 4.22. The summed E-state index contributed by atoms with van der Waals surface area (Å²) in [6, 6.07) is 1.47. The average molecular weight is 360 g/mol. The van der Waals surface area contributed by atoms with E-state index < -0.39 is 18.7 Å². The molecule has 3 rings (SSSR count). The topological polar surface area (TPSA) is 84.1 Å². The van der Waals surface area contributed by atoms with Crippen molar-refractivity contribution in [3.63, 3.8) is 0 Å². The van der Waals surface area contributed by atoms with Gasteiger partial charge in [0.15, 0.2) is 0 Å². The number of aliphatic hydroxyl groups is 1. The third-order valence-corrected chi connectivity index (χ3v) is 5.17. The van der Waals surface area contributed by atoms with Crippen molar-refractivity contribution in [2.75, 3.05) is 11.9 Å². The van der Waals surface area contributed by atoms with E-state index in [1.165, 1.54) is 12.4 Å². The Kier molecular flexibility index (Phi) is 4.93. The lowest BCUT2D eigenvalue weighted by atomic mass is 9.84. The summed E-state index contributed by atoms with van der Waals surface area (Å²) in [6.07, 6.45) is -2.17. The molecule has 132 valence electrons. The molecule has 0 spiro atoms. The van der Waals surface area contributed by atoms with Crippen LogP contribution in [0.1, 0.15) is 24.1 Å². The zero-order valence-corrected chi connectivity index (χ0v) is 13.7. The molecule has 24 heavy (non-hydrogen) atoms. The van der Waals surface area contributed by atoms with Gasteiger partial charge in [0.25, 0.3) is 0 Å². The Bertz CT molecular complexity index is 696. The molecule has 0 saturated heterocycles. The number of halogens is 3. The molecule has 0 radical (unpaired) electrons. The highest BCUT2D eigenvalue weighted by Gasteiger charge is 2.29. The van der Waals surface area contributed by atoms with Gasteiger partial charge in [0, 0.05) is 17.5 Å². The molecule has 0 aliphatic heterocycles. The molecule has 0 aromatic carbocycles. The van der Waals surface area contributed by atoms with Crippen molar-refractivity contribution in [1.82, 2.24) is 9.97 Å². The molecular formula is C15H19F3N4OS. The SMILES string of the molecule is N[C@H]1C[C@@H](O)C[C@@H](CNc2ncnc3sc(CC(F)(F)F)cc23)C1. The van der Waals surface area contributed by atoms with Crippen LogP contribution < -0.4 is 11.1 Å². The molecule has 1 saturated carbocycles. The van der Waals surface area contributed by atoms with Crippen molar-refractivity contribution >= 4 is 27.4 Å². The smallest absolute Gasteiger partial charge is 0.393 e. The van der Waals surface area contributed by atoms with Crippen molar-refractivity contribution in [1.29, 1.82) is 0 Å². The van der Waals surface area contributed by atoms with E-state index in [-0.39, 0.29) is 16.8 Å². The first-order valence-corrected chi connectivity index (χ1v) is 8.59. The standard InChI is InChI=1S/C15H19F3N4OS/c16-15(17,18)5-11-4-12-13(21-7-22-14(12)24-11)20-6-8-1-9(19)3-10(23)2-8/h4,7-10,23H,1-3,5-6,19H2,(H,20,21,22)/t8-,9+,10-/m0/s1. The molecule has 1 aliphatic rings. The molecule has 2 aromatic heterocycles. The Morgan fingerprint density at radius 3 is 2.79 bits per heavy atom. The summed E-state index contributed by atoms with van der Waals surface area (Å²) in [5, 5.41) is 13.6. The summed E-state index contributed by atoms with van der Waals surface area (Å²) < 4.78 is 37.7. The van der Waals surface area contributed by atoms with Crippen molar-refractivity contribution in [2.24, 2.45) is 11.7 Å². The molecule has 0 bridgehead atoms. The van der Waals surface area contributed by atoms with E-state index in [0.717, 1.165) is 17.8 Å². The predicted molar refractivity (Wildman–Crippen MR) is 87.0 cm³/mol. The number of alkyl halides is 3. The third kappa shape index (κ3) is 4.34. The van der Waals surface area contributed by atoms with E-state index in [1.807, 2.05) is 0 Å². The Hall–Kier alpha value is -1.45. The molecule has 1 fully saturated rings. The Morgan fingerprint density at radius 2 is 2.08 bits per heavy atom. The minimum Gasteiger partial charge on any atom is -0.393 e. The Balaban J connectivity index is 1.72. The van der Waals surface area contributed by atoms with Gasteiger partial charge >= 0.3 is 6.18 Å². The van der Waals surface area contributed by atoms with Gasteiger partial charge in [-0.05, 0) is 31.2 Å². The third-order valence-electron chi connectivity index (χ3n) is 4.13. The number of anilines is 1. The maximum atomic E-state index is 12.6. The van der Waals surface area contributed by atoms with Crippen LogP contribution in [0.15, 0.2) is 12.4 Å². The van der Waals surface area contributed by atoms with Crippen LogP contribution in [0, 0.1) is 5.92 Å². The second-order valence-corrected chi connectivity index (χ2v) is 7.43. The maximum absolute atomic E-state index is 12.6. The van der Waals surface area contributed by atoms with Gasteiger partial charge in [-0.15, -0.1) is 11.3 Å². The maximum Gasteiger partial charge on any atom is 0.393 e. The van der Waals surface area contributed by atoms with Crippen molar-refractivity contribution in [3.8, 4) is 0 Å². The predicted octanol–water partition coefficient (Wildman–Crippen LogP) is 2.70. The highest BCUT2D eigenvalue weighted by Crippen LogP contribution is 2.33. The van der Waals surface area contributed by atoms with Gasteiger partial charge < -0.3 is 16.2 Å². The van der Waals surface area contributed by atoms with E-state index >= 15 is 0 Å². The van der Waals surface area contributed by atoms with Crippen LogP contribution in [0.5, 0.6) is 0 Å². The van der Waals surface area contributed by atoms with Gasteiger partial charge in [0.2, 0.25) is 0 Å². The molecule has 0 amide bonds. The number of rotatable bonds is 4. The minimum atomic E-state index is -4.24. The molecule has 2 aromatic rings. The summed E-state index contributed by atoms with van der Waals surface area (Å²) in [6.45, 7) is 0.571. The van der Waals surface area contributed by atoms with Gasteiger partial charge in [0.05, 0.1) is 17.9 Å². The van der Waals surface area contributed by atoms with Crippen LogP contribution in [-0.2, 0) is 6.42 Å². The van der Waals surface area contributed by atoms with Crippen LogP contribution in [0.25, 0.3) is 10.2 Å². The van der Waals surface area contributed by atoms with E-state index in [2.05, 4.69) is 15.3 Å². The van der Waals surface area contributed by atoms with E-state index in [1.54, 1.807) is 0 Å². The lowest BCUT2D eigenvalue weighted by Gasteiger charge is -2.30. The van der Waals surface area contributed by atoms with Crippen molar-refractivity contribution < 1.29 is 18.3 Å². The van der Waals surface area contributed by atoms with Gasteiger partial charge in [-0.25, -0.2) is 9.97 Å². The fourth-order valence-electron chi connectivity index (χ4n) is 3.19. The molecular weight excluding hydrogens is 341 g/mol. The highest BCUT2D eigenvalue weighted by molar-refractivity contribution is 7.18. The summed E-state index contributed by atoms with van der Waals surface area (Å²) in [4.78, 5) is 8.95. The van der Waals surface area contributed by atoms with Crippen LogP contribution >= 0.6 is 11.3 Å². The zero-order valence-electron chi connectivity index (χ0n) is 12.9. The summed E-state index contributed by atoms with van der Waals surface area (Å²) in [5.41, 5.74) is 5.92. The number of aromatic nitrogens is 2. The fraction of sp³-hybridized carbons (Fsp3) is 0.600. The number of hydrogen-bond acceptors (Lipinski definition) is 6. The number of nitrogens with one attached hydrogen (secondary N) is 1. The largest absolute Gasteiger partial charge is 0.393 e. The molecule has 2 heterocycles. The number of nitrogens with two attached hydrogens (primary N) is 1. The zero-order chi connectivity index (χ0) is 17.3. The van der Waals surface area contributed by atoms with Gasteiger partial charge in [-0.3, -0.25) is 0 Å². The second kappa shape index (κ2) is 6.81. The molecule has 5 nitrogen and oxygen atoms in total. The van der Waals surface area contributed by atoms with E-state index in [4.69, 9.17) is 5.73 Å². The lowest BCUT2D eigenvalue weighted by Crippen LogP contribution is -2.37. The molecule has 3 atom stereocenters. The Labute approximate surface area is 141 Å². The number of fused-ring (bicyclic) bond motifs is 1. The quantitative estimate of drug-likeness (QED) is 0.781. The first-order valence-electron chi connectivity index (χ1n) is 7.78. The molecule has 4 N–H and O–H groups in total. The van der Waals surface area contributed by atoms with Crippen LogP contribution in [0.4, 0.5) is 19.0 Å². The summed E-state index contributed by atoms with van der Waals surface area (Å²) >= 11 is 1.03. The molecule has 1 aliphatic carbocycles.